The lowest BCUT2D eigenvalue weighted by Gasteiger charge is -2.45. The zero-order valence-corrected chi connectivity index (χ0v) is 16.2. The molecule has 0 spiro atoms. The number of hydrogen-bond donors (Lipinski definition) is 1. The summed E-state index contributed by atoms with van der Waals surface area (Å²) in [5, 5.41) is 3.40. The number of rotatable bonds is 4. The third kappa shape index (κ3) is 4.60. The molecule has 1 saturated heterocycles. The molecule has 2 fully saturated rings. The van der Waals surface area contributed by atoms with E-state index in [1.54, 1.807) is 6.20 Å². The van der Waals surface area contributed by atoms with Crippen molar-refractivity contribution in [3.05, 3.63) is 30.1 Å². The first-order valence-electron chi connectivity index (χ1n) is 9.70. The van der Waals surface area contributed by atoms with Crippen LogP contribution < -0.4 is 5.32 Å². The summed E-state index contributed by atoms with van der Waals surface area (Å²) in [6.07, 6.45) is 9.29. The molecule has 25 heavy (non-hydrogen) atoms. The number of nitrogens with one attached hydrogen (secondary N) is 1. The van der Waals surface area contributed by atoms with E-state index in [0.717, 1.165) is 31.5 Å². The van der Waals surface area contributed by atoms with Crippen LogP contribution in [0.3, 0.4) is 0 Å². The maximum Gasteiger partial charge on any atom is 0.242 e. The second-order valence-corrected chi connectivity index (χ2v) is 9.55. The topological polar surface area (TPSA) is 45.2 Å². The van der Waals surface area contributed by atoms with Gasteiger partial charge in [0.15, 0.2) is 0 Å². The van der Waals surface area contributed by atoms with E-state index < -0.39 is 0 Å². The van der Waals surface area contributed by atoms with Crippen molar-refractivity contribution in [1.82, 2.24) is 15.2 Å². The zero-order chi connectivity index (χ0) is 18.1. The van der Waals surface area contributed by atoms with Gasteiger partial charge in [-0.3, -0.25) is 14.7 Å². The first-order valence-corrected chi connectivity index (χ1v) is 9.70. The number of hydrogen-bond acceptors (Lipinski definition) is 3. The molecule has 1 atom stereocenters. The Balaban J connectivity index is 1.76. The molecule has 1 saturated carbocycles. The first kappa shape index (κ1) is 18.4. The van der Waals surface area contributed by atoms with Crippen LogP contribution in [-0.4, -0.2) is 34.9 Å². The third-order valence-electron chi connectivity index (χ3n) is 5.66. The van der Waals surface area contributed by atoms with Crippen molar-refractivity contribution in [2.45, 2.75) is 71.9 Å². The molecule has 4 nitrogen and oxygen atoms in total. The zero-order valence-electron chi connectivity index (χ0n) is 16.2. The minimum absolute atomic E-state index is 0.147. The summed E-state index contributed by atoms with van der Waals surface area (Å²) < 4.78 is 0. The number of amides is 1. The standard InChI is InChI=1S/C21H33N3O/c1-20(2)12-17(13-21(3,4)15-20)23-19(25)18(24-10-5-6-11-24)16-8-7-9-22-14-16/h7-9,14,17-18H,5-6,10-13,15H2,1-4H3,(H,23,25)/t18-/m0/s1. The van der Waals surface area contributed by atoms with Gasteiger partial charge in [0, 0.05) is 18.4 Å². The summed E-state index contributed by atoms with van der Waals surface area (Å²) in [5.74, 6) is 0.147. The maximum absolute atomic E-state index is 13.2. The van der Waals surface area contributed by atoms with Gasteiger partial charge in [-0.25, -0.2) is 0 Å². The fourth-order valence-corrected chi connectivity index (χ4v) is 5.29. The second-order valence-electron chi connectivity index (χ2n) is 9.55. The normalized spacial score (nSPS) is 24.8. The van der Waals surface area contributed by atoms with Crippen molar-refractivity contribution < 1.29 is 4.79 Å². The summed E-state index contributed by atoms with van der Waals surface area (Å²) in [4.78, 5) is 19.8. The Morgan fingerprint density at radius 1 is 1.20 bits per heavy atom. The molecule has 0 unspecified atom stereocenters. The molecule has 138 valence electrons. The van der Waals surface area contributed by atoms with Gasteiger partial charge in [0.25, 0.3) is 0 Å². The SMILES string of the molecule is CC1(C)CC(NC(=O)[C@H](c2cccnc2)N2CCCC2)CC(C)(C)C1. The summed E-state index contributed by atoms with van der Waals surface area (Å²) in [5.41, 5.74) is 1.56. The average molecular weight is 344 g/mol. The van der Waals surface area contributed by atoms with E-state index in [0.29, 0.717) is 0 Å². The van der Waals surface area contributed by atoms with Crippen LogP contribution in [0.2, 0.25) is 0 Å². The summed E-state index contributed by atoms with van der Waals surface area (Å²) >= 11 is 0. The quantitative estimate of drug-likeness (QED) is 0.900. The molecular weight excluding hydrogens is 310 g/mol. The van der Waals surface area contributed by atoms with E-state index in [2.05, 4.69) is 42.9 Å². The molecular formula is C21H33N3O. The monoisotopic (exact) mass is 343 g/mol. The van der Waals surface area contributed by atoms with Gasteiger partial charge in [-0.05, 0) is 67.7 Å². The Labute approximate surface area is 152 Å². The Bertz CT molecular complexity index is 574. The van der Waals surface area contributed by atoms with Gasteiger partial charge in [-0.2, -0.15) is 0 Å². The van der Waals surface area contributed by atoms with Crippen LogP contribution in [0.25, 0.3) is 0 Å². The molecule has 2 aliphatic rings. The maximum atomic E-state index is 13.2. The van der Waals surface area contributed by atoms with Gasteiger partial charge >= 0.3 is 0 Å². The highest BCUT2D eigenvalue weighted by Crippen LogP contribution is 2.45. The molecule has 1 aliphatic heterocycles. The van der Waals surface area contributed by atoms with Gasteiger partial charge < -0.3 is 5.32 Å². The number of pyridine rings is 1. The first-order chi connectivity index (χ1) is 11.8. The number of carbonyl (C=O) groups excluding carboxylic acids is 1. The Morgan fingerprint density at radius 3 is 2.40 bits per heavy atom. The van der Waals surface area contributed by atoms with E-state index in [9.17, 15) is 4.79 Å². The van der Waals surface area contributed by atoms with E-state index in [1.165, 1.54) is 19.3 Å². The van der Waals surface area contributed by atoms with E-state index in [4.69, 9.17) is 0 Å². The van der Waals surface area contributed by atoms with Crippen LogP contribution in [0.5, 0.6) is 0 Å². The molecule has 1 aromatic rings. The predicted molar refractivity (Wildman–Crippen MR) is 101 cm³/mol. The highest BCUT2D eigenvalue weighted by molar-refractivity contribution is 5.83. The Hall–Kier alpha value is -1.42. The predicted octanol–water partition coefficient (Wildman–Crippen LogP) is 3.94. The number of likely N-dealkylation sites (tertiary alicyclic amines) is 1. The number of nitrogens with zero attached hydrogens (tertiary/aromatic N) is 2. The molecule has 0 radical (unpaired) electrons. The van der Waals surface area contributed by atoms with Crippen LogP contribution in [0.1, 0.15) is 71.4 Å². The molecule has 1 aliphatic carbocycles. The molecule has 0 bridgehead atoms. The van der Waals surface area contributed by atoms with Gasteiger partial charge in [-0.15, -0.1) is 0 Å². The van der Waals surface area contributed by atoms with Gasteiger partial charge in [0.05, 0.1) is 0 Å². The second kappa shape index (κ2) is 7.06. The lowest BCUT2D eigenvalue weighted by molar-refractivity contribution is -0.128. The van der Waals surface area contributed by atoms with E-state index >= 15 is 0 Å². The fraction of sp³-hybridized carbons (Fsp3) is 0.714. The Morgan fingerprint density at radius 2 is 1.84 bits per heavy atom. The van der Waals surface area contributed by atoms with Crippen molar-refractivity contribution in [2.24, 2.45) is 10.8 Å². The highest BCUT2D eigenvalue weighted by atomic mass is 16.2. The smallest absolute Gasteiger partial charge is 0.242 e. The minimum atomic E-state index is -0.204. The van der Waals surface area contributed by atoms with Crippen molar-refractivity contribution in [3.63, 3.8) is 0 Å². The van der Waals surface area contributed by atoms with Gasteiger partial charge in [-0.1, -0.05) is 33.8 Å². The van der Waals surface area contributed by atoms with Crippen LogP contribution in [0.15, 0.2) is 24.5 Å². The molecule has 3 rings (SSSR count). The van der Waals surface area contributed by atoms with Crippen LogP contribution >= 0.6 is 0 Å². The highest BCUT2D eigenvalue weighted by Gasteiger charge is 2.40. The largest absolute Gasteiger partial charge is 0.352 e. The summed E-state index contributed by atoms with van der Waals surface area (Å²) in [7, 11) is 0. The lowest BCUT2D eigenvalue weighted by atomic mass is 9.63. The summed E-state index contributed by atoms with van der Waals surface area (Å²) in [6, 6.07) is 4.01. The molecule has 1 N–H and O–H groups in total. The fourth-order valence-electron chi connectivity index (χ4n) is 5.29. The molecule has 1 aromatic heterocycles. The molecule has 4 heteroatoms. The number of aromatic nitrogens is 1. The minimum Gasteiger partial charge on any atom is -0.352 e. The van der Waals surface area contributed by atoms with Crippen molar-refractivity contribution in [3.8, 4) is 0 Å². The van der Waals surface area contributed by atoms with E-state index in [-0.39, 0.29) is 28.8 Å². The third-order valence-corrected chi connectivity index (χ3v) is 5.66. The van der Waals surface area contributed by atoms with Crippen LogP contribution in [0, 0.1) is 10.8 Å². The van der Waals surface area contributed by atoms with Gasteiger partial charge in [0.1, 0.15) is 6.04 Å². The van der Waals surface area contributed by atoms with Crippen molar-refractivity contribution >= 4 is 5.91 Å². The van der Waals surface area contributed by atoms with Crippen molar-refractivity contribution in [1.29, 1.82) is 0 Å². The molecule has 0 aromatic carbocycles. The number of carbonyl (C=O) groups is 1. The van der Waals surface area contributed by atoms with Crippen LogP contribution in [-0.2, 0) is 4.79 Å². The van der Waals surface area contributed by atoms with E-state index in [1.807, 2.05) is 18.3 Å². The average Bonchev–Trinajstić information content (AvgIpc) is 2.99. The van der Waals surface area contributed by atoms with Crippen LogP contribution in [0.4, 0.5) is 0 Å². The molecule has 1 amide bonds. The lowest BCUT2D eigenvalue weighted by Crippen LogP contribution is -2.49. The molecule has 2 heterocycles. The summed E-state index contributed by atoms with van der Waals surface area (Å²) in [6.45, 7) is 11.3. The van der Waals surface area contributed by atoms with Crippen molar-refractivity contribution in [2.75, 3.05) is 13.1 Å². The van der Waals surface area contributed by atoms with Gasteiger partial charge in [0.2, 0.25) is 5.91 Å². The Kier molecular flexibility index (Phi) is 5.19.